The number of halogens is 4. The molecule has 0 radical (unpaired) electrons. The Morgan fingerprint density at radius 3 is 0.512 bits per heavy atom. The van der Waals surface area contributed by atoms with Gasteiger partial charge in [-0.05, 0) is 70.8 Å². The summed E-state index contributed by atoms with van der Waals surface area (Å²) in [6, 6.07) is 23.7. The fourth-order valence-corrected chi connectivity index (χ4v) is 6.32. The van der Waals surface area contributed by atoms with Crippen LogP contribution in [0.5, 0.6) is 0 Å². The third-order valence-electron chi connectivity index (χ3n) is 5.21. The maximum absolute atomic E-state index is 11.1. The SMILES string of the molecule is O.O=S(=O)(Cl)c1ccc(-c2ccc(S(=O)(=O)Cl)cc2)cc1.O=S(=O)(Cl)c1ccc(-c2ccc(S(=O)(=O)Cl)cc2)cc1. The van der Waals surface area contributed by atoms with E-state index in [1.54, 1.807) is 48.5 Å². The lowest BCUT2D eigenvalue weighted by atomic mass is 10.1. The van der Waals surface area contributed by atoms with Crippen molar-refractivity contribution < 1.29 is 39.1 Å². The Kier molecular flexibility index (Phi) is 11.4. The third-order valence-corrected chi connectivity index (χ3v) is 10.7. The minimum atomic E-state index is -3.75. The summed E-state index contributed by atoms with van der Waals surface area (Å²) in [6.45, 7) is 0. The van der Waals surface area contributed by atoms with Gasteiger partial charge in [-0.2, -0.15) is 0 Å². The van der Waals surface area contributed by atoms with Crippen molar-refractivity contribution in [3.05, 3.63) is 97.1 Å². The standard InChI is InChI=1S/2C12H8Cl2O4S2.H2O/c2*13-19(15,16)11-5-1-9(2-6-11)10-3-7-12(8-4-10)20(14,17)18;/h2*1-8H;1H2. The van der Waals surface area contributed by atoms with Gasteiger partial charge >= 0.3 is 0 Å². The lowest BCUT2D eigenvalue weighted by molar-refractivity contribution is 0.608. The molecule has 4 aromatic rings. The minimum Gasteiger partial charge on any atom is -0.412 e. The smallest absolute Gasteiger partial charge is 0.261 e. The van der Waals surface area contributed by atoms with Gasteiger partial charge in [-0.3, -0.25) is 0 Å². The van der Waals surface area contributed by atoms with Gasteiger partial charge in [-0.15, -0.1) is 0 Å². The number of rotatable bonds is 6. The summed E-state index contributed by atoms with van der Waals surface area (Å²) in [5.41, 5.74) is 2.92. The van der Waals surface area contributed by atoms with Crippen LogP contribution in [0.1, 0.15) is 0 Å². The maximum atomic E-state index is 11.1. The number of benzene rings is 4. The Bertz CT molecular complexity index is 1650. The first-order valence-electron chi connectivity index (χ1n) is 10.6. The zero-order chi connectivity index (χ0) is 29.9. The van der Waals surface area contributed by atoms with Gasteiger partial charge in [-0.25, -0.2) is 33.7 Å². The molecule has 0 fully saturated rings. The largest absolute Gasteiger partial charge is 0.412 e. The van der Waals surface area contributed by atoms with Crippen LogP contribution >= 0.6 is 42.7 Å². The van der Waals surface area contributed by atoms with E-state index in [9.17, 15) is 33.7 Å². The molecule has 0 heterocycles. The van der Waals surface area contributed by atoms with Gasteiger partial charge in [0.2, 0.25) is 0 Å². The van der Waals surface area contributed by atoms with Crippen LogP contribution in [0, 0.1) is 0 Å². The monoisotopic (exact) mass is 718 g/mol. The molecule has 0 aromatic heterocycles. The van der Waals surface area contributed by atoms with Crippen molar-refractivity contribution in [2.75, 3.05) is 0 Å². The van der Waals surface area contributed by atoms with Crippen LogP contribution in [0.25, 0.3) is 22.3 Å². The van der Waals surface area contributed by atoms with E-state index in [1.165, 1.54) is 48.5 Å². The summed E-state index contributed by atoms with van der Waals surface area (Å²) < 4.78 is 89.0. The first kappa shape index (κ1) is 35.0. The summed E-state index contributed by atoms with van der Waals surface area (Å²) in [5.74, 6) is 0. The van der Waals surface area contributed by atoms with Crippen molar-refractivity contribution in [2.24, 2.45) is 0 Å². The molecule has 0 unspecified atom stereocenters. The first-order chi connectivity index (χ1) is 18.4. The average Bonchev–Trinajstić information content (AvgIpc) is 2.87. The molecule has 9 nitrogen and oxygen atoms in total. The van der Waals surface area contributed by atoms with Crippen molar-refractivity contribution >= 4 is 78.9 Å². The minimum absolute atomic E-state index is 0. The van der Waals surface area contributed by atoms with Gasteiger partial charge in [0.05, 0.1) is 19.6 Å². The van der Waals surface area contributed by atoms with Crippen LogP contribution in [-0.2, 0) is 36.2 Å². The Morgan fingerprint density at radius 2 is 0.415 bits per heavy atom. The van der Waals surface area contributed by atoms with Gasteiger partial charge in [0.15, 0.2) is 0 Å². The van der Waals surface area contributed by atoms with Gasteiger partial charge in [0.1, 0.15) is 0 Å². The summed E-state index contributed by atoms with van der Waals surface area (Å²) >= 11 is 0. The van der Waals surface area contributed by atoms with Gasteiger partial charge in [0, 0.05) is 42.7 Å². The summed E-state index contributed by atoms with van der Waals surface area (Å²) in [5, 5.41) is 0. The molecule has 41 heavy (non-hydrogen) atoms. The highest BCUT2D eigenvalue weighted by Gasteiger charge is 2.13. The molecular formula is C24H18Cl4O9S4. The second-order valence-corrected chi connectivity index (χ2v) is 18.1. The summed E-state index contributed by atoms with van der Waals surface area (Å²) in [4.78, 5) is 0.0106. The zero-order valence-corrected chi connectivity index (χ0v) is 26.4. The van der Waals surface area contributed by atoms with Crippen LogP contribution in [0.2, 0.25) is 0 Å². The average molecular weight is 720 g/mol. The van der Waals surface area contributed by atoms with E-state index in [2.05, 4.69) is 0 Å². The molecule has 0 aliphatic carbocycles. The van der Waals surface area contributed by atoms with E-state index in [0.717, 1.165) is 22.3 Å². The fourth-order valence-electron chi connectivity index (χ4n) is 3.24. The quantitative estimate of drug-likeness (QED) is 0.232. The van der Waals surface area contributed by atoms with E-state index in [4.69, 9.17) is 42.7 Å². The van der Waals surface area contributed by atoms with Crippen molar-refractivity contribution in [1.82, 2.24) is 0 Å². The van der Waals surface area contributed by atoms with Crippen LogP contribution in [0.3, 0.4) is 0 Å². The molecule has 2 N–H and O–H groups in total. The molecule has 0 amide bonds. The van der Waals surface area contributed by atoms with Crippen molar-refractivity contribution in [2.45, 2.75) is 19.6 Å². The van der Waals surface area contributed by atoms with Gasteiger partial charge in [-0.1, -0.05) is 48.5 Å². The van der Waals surface area contributed by atoms with E-state index in [1.807, 2.05) is 0 Å². The Hall–Kier alpha value is -2.20. The second-order valence-electron chi connectivity index (χ2n) is 7.85. The molecule has 0 saturated heterocycles. The Balaban J connectivity index is 0.000000280. The second kappa shape index (κ2) is 13.4. The predicted molar refractivity (Wildman–Crippen MR) is 160 cm³/mol. The van der Waals surface area contributed by atoms with Crippen molar-refractivity contribution in [1.29, 1.82) is 0 Å². The summed E-state index contributed by atoms with van der Waals surface area (Å²) in [7, 11) is 5.87. The predicted octanol–water partition coefficient (Wildman–Crippen LogP) is 5.59. The molecular weight excluding hydrogens is 702 g/mol. The lowest BCUT2D eigenvalue weighted by Crippen LogP contribution is -1.91. The topological polar surface area (TPSA) is 168 Å². The molecule has 17 heteroatoms. The number of hydrogen-bond acceptors (Lipinski definition) is 8. The number of hydrogen-bond donors (Lipinski definition) is 0. The maximum Gasteiger partial charge on any atom is 0.261 e. The van der Waals surface area contributed by atoms with Crippen molar-refractivity contribution in [3.63, 3.8) is 0 Å². The molecule has 4 rings (SSSR count). The highest BCUT2D eigenvalue weighted by atomic mass is 35.7. The first-order valence-corrected chi connectivity index (χ1v) is 19.8. The highest BCUT2D eigenvalue weighted by Crippen LogP contribution is 2.26. The summed E-state index contributed by atoms with van der Waals surface area (Å²) in [6.07, 6.45) is 0. The van der Waals surface area contributed by atoms with Crippen LogP contribution < -0.4 is 0 Å². The van der Waals surface area contributed by atoms with E-state index < -0.39 is 36.2 Å². The van der Waals surface area contributed by atoms with E-state index in [0.29, 0.717) is 0 Å². The highest BCUT2D eigenvalue weighted by molar-refractivity contribution is 8.14. The van der Waals surface area contributed by atoms with Crippen LogP contribution in [0.15, 0.2) is 117 Å². The Labute approximate surface area is 255 Å². The Morgan fingerprint density at radius 1 is 0.293 bits per heavy atom. The molecule has 0 saturated carbocycles. The van der Waals surface area contributed by atoms with Crippen LogP contribution in [0.4, 0.5) is 0 Å². The van der Waals surface area contributed by atoms with E-state index >= 15 is 0 Å². The zero-order valence-electron chi connectivity index (χ0n) is 20.1. The van der Waals surface area contributed by atoms with Gasteiger partial charge in [0.25, 0.3) is 36.2 Å². The molecule has 4 aromatic carbocycles. The van der Waals surface area contributed by atoms with Crippen molar-refractivity contribution in [3.8, 4) is 22.3 Å². The molecule has 220 valence electrons. The van der Waals surface area contributed by atoms with Gasteiger partial charge < -0.3 is 5.48 Å². The van der Waals surface area contributed by atoms with E-state index in [-0.39, 0.29) is 25.1 Å². The third kappa shape index (κ3) is 9.94. The normalized spacial score (nSPS) is 12.0. The molecule has 0 atom stereocenters. The lowest BCUT2D eigenvalue weighted by Gasteiger charge is -2.03. The fraction of sp³-hybridized carbons (Fsp3) is 0. The molecule has 0 aliphatic heterocycles. The molecule has 0 aliphatic rings. The molecule has 0 spiro atoms. The molecule has 0 bridgehead atoms. The van der Waals surface area contributed by atoms with Crippen LogP contribution in [-0.4, -0.2) is 39.1 Å².